The summed E-state index contributed by atoms with van der Waals surface area (Å²) in [5.41, 5.74) is 2.44. The molecular formula is C20H30N2O. The number of nitrogens with zero attached hydrogens (tertiary/aromatic N) is 1. The molecule has 126 valence electrons. The van der Waals surface area contributed by atoms with E-state index < -0.39 is 0 Å². The minimum atomic E-state index is -0.345. The molecule has 3 nitrogen and oxygen atoms in total. The summed E-state index contributed by atoms with van der Waals surface area (Å²) >= 11 is 0. The van der Waals surface area contributed by atoms with Gasteiger partial charge in [0.25, 0.3) is 0 Å². The Kier molecular flexibility index (Phi) is 4.26. The number of hydrogen-bond donors (Lipinski definition) is 1. The topological polar surface area (TPSA) is 32.3 Å². The highest BCUT2D eigenvalue weighted by molar-refractivity contribution is 5.82. The third-order valence-corrected chi connectivity index (χ3v) is 5.73. The molecule has 1 aliphatic carbocycles. The van der Waals surface area contributed by atoms with Gasteiger partial charge in [-0.1, -0.05) is 52.0 Å². The molecule has 4 atom stereocenters. The number of hydrogen-bond acceptors (Lipinski definition) is 2. The Morgan fingerprint density at radius 2 is 1.91 bits per heavy atom. The van der Waals surface area contributed by atoms with E-state index in [1.165, 1.54) is 17.5 Å². The molecule has 1 heterocycles. The number of amides is 1. The average Bonchev–Trinajstić information content (AvgIpc) is 3.05. The minimum absolute atomic E-state index is 0.153. The van der Waals surface area contributed by atoms with Crippen LogP contribution < -0.4 is 5.32 Å². The first kappa shape index (κ1) is 16.5. The summed E-state index contributed by atoms with van der Waals surface area (Å²) in [5.74, 6) is 1.22. The van der Waals surface area contributed by atoms with Gasteiger partial charge in [-0.2, -0.15) is 0 Å². The Morgan fingerprint density at radius 3 is 2.52 bits per heavy atom. The smallest absolute Gasteiger partial charge is 0.225 e. The predicted octanol–water partition coefficient (Wildman–Crippen LogP) is 3.72. The Labute approximate surface area is 140 Å². The molecule has 23 heavy (non-hydrogen) atoms. The number of nitrogens with one attached hydrogen (secondary N) is 1. The van der Waals surface area contributed by atoms with E-state index in [1.54, 1.807) is 0 Å². The summed E-state index contributed by atoms with van der Waals surface area (Å²) in [5, 5.41) is 3.36. The molecule has 1 saturated heterocycles. The van der Waals surface area contributed by atoms with E-state index in [0.29, 0.717) is 17.9 Å². The van der Waals surface area contributed by atoms with Gasteiger partial charge in [-0.25, -0.2) is 0 Å². The molecule has 0 radical (unpaired) electrons. The van der Waals surface area contributed by atoms with Gasteiger partial charge in [0.1, 0.15) is 0 Å². The lowest BCUT2D eigenvalue weighted by atomic mass is 9.91. The van der Waals surface area contributed by atoms with Gasteiger partial charge in [-0.05, 0) is 24.5 Å². The fourth-order valence-corrected chi connectivity index (χ4v) is 4.05. The van der Waals surface area contributed by atoms with E-state index in [1.807, 2.05) is 20.8 Å². The van der Waals surface area contributed by atoms with Crippen molar-refractivity contribution < 1.29 is 4.79 Å². The standard InChI is InChI=1S/C20H30N2O/c1-6-13(2)22-11-16-14-9-7-8-10-15(14)18(17(16)12-22)21-19(23)20(3,4)5/h7-10,13,16-18H,6,11-12H2,1-5H3,(H,21,23)/t13?,16-,17-,18+/m0/s1. The summed E-state index contributed by atoms with van der Waals surface area (Å²) in [6.45, 7) is 12.7. The molecule has 3 heteroatoms. The second-order valence-corrected chi connectivity index (χ2v) is 8.31. The van der Waals surface area contributed by atoms with E-state index in [4.69, 9.17) is 0 Å². The fraction of sp³-hybridized carbons (Fsp3) is 0.650. The second kappa shape index (κ2) is 5.94. The first-order chi connectivity index (χ1) is 10.8. The highest BCUT2D eigenvalue weighted by Crippen LogP contribution is 2.49. The molecule has 2 aliphatic rings. The van der Waals surface area contributed by atoms with E-state index in [2.05, 4.69) is 48.3 Å². The molecular weight excluding hydrogens is 284 g/mol. The van der Waals surface area contributed by atoms with Crippen molar-refractivity contribution in [3.8, 4) is 0 Å². The Bertz CT molecular complexity index is 590. The van der Waals surface area contributed by atoms with Crippen LogP contribution in [0.4, 0.5) is 0 Å². The summed E-state index contributed by atoms with van der Waals surface area (Å²) in [4.78, 5) is 15.2. The van der Waals surface area contributed by atoms with Crippen LogP contribution in [0.1, 0.15) is 64.1 Å². The molecule has 1 amide bonds. The maximum Gasteiger partial charge on any atom is 0.225 e. The lowest BCUT2D eigenvalue weighted by Crippen LogP contribution is -2.40. The monoisotopic (exact) mass is 314 g/mol. The number of carbonyl (C=O) groups excluding carboxylic acids is 1. The van der Waals surface area contributed by atoms with Crippen molar-refractivity contribution in [1.82, 2.24) is 10.2 Å². The highest BCUT2D eigenvalue weighted by Gasteiger charge is 2.47. The molecule has 3 rings (SSSR count). The summed E-state index contributed by atoms with van der Waals surface area (Å²) in [6, 6.07) is 9.48. The number of fused-ring (bicyclic) bond motifs is 3. The first-order valence-electron chi connectivity index (χ1n) is 8.96. The first-order valence-corrected chi connectivity index (χ1v) is 8.96. The third-order valence-electron chi connectivity index (χ3n) is 5.73. The normalized spacial score (nSPS) is 28.3. The molecule has 0 bridgehead atoms. The molecule has 1 aromatic rings. The largest absolute Gasteiger partial charge is 0.348 e. The van der Waals surface area contributed by atoms with Crippen LogP contribution in [0.25, 0.3) is 0 Å². The average molecular weight is 314 g/mol. The Morgan fingerprint density at radius 1 is 1.26 bits per heavy atom. The molecule has 1 unspecified atom stereocenters. The maximum atomic E-state index is 12.6. The van der Waals surface area contributed by atoms with Gasteiger partial charge in [-0.3, -0.25) is 9.69 Å². The van der Waals surface area contributed by atoms with E-state index in [-0.39, 0.29) is 17.4 Å². The lowest BCUT2D eigenvalue weighted by molar-refractivity contribution is -0.129. The molecule has 1 N–H and O–H groups in total. The molecule has 0 aromatic heterocycles. The molecule has 1 aromatic carbocycles. The second-order valence-electron chi connectivity index (χ2n) is 8.31. The van der Waals surface area contributed by atoms with Crippen LogP contribution >= 0.6 is 0 Å². The van der Waals surface area contributed by atoms with Crippen LogP contribution in [0.5, 0.6) is 0 Å². The number of benzene rings is 1. The van der Waals surface area contributed by atoms with Gasteiger partial charge >= 0.3 is 0 Å². The highest BCUT2D eigenvalue weighted by atomic mass is 16.2. The lowest BCUT2D eigenvalue weighted by Gasteiger charge is -2.28. The number of rotatable bonds is 3. The van der Waals surface area contributed by atoms with Crippen LogP contribution in [0, 0.1) is 11.3 Å². The van der Waals surface area contributed by atoms with Crippen LogP contribution in [0.15, 0.2) is 24.3 Å². The number of likely N-dealkylation sites (tertiary alicyclic amines) is 1. The van der Waals surface area contributed by atoms with Crippen molar-refractivity contribution in [1.29, 1.82) is 0 Å². The molecule has 0 spiro atoms. The molecule has 0 saturated carbocycles. The quantitative estimate of drug-likeness (QED) is 0.922. The van der Waals surface area contributed by atoms with Crippen molar-refractivity contribution in [2.45, 2.75) is 59.0 Å². The Hall–Kier alpha value is -1.35. The van der Waals surface area contributed by atoms with Gasteiger partial charge in [0.2, 0.25) is 5.91 Å². The fourth-order valence-electron chi connectivity index (χ4n) is 4.05. The summed E-state index contributed by atoms with van der Waals surface area (Å²) in [6.07, 6.45) is 1.18. The summed E-state index contributed by atoms with van der Waals surface area (Å²) < 4.78 is 0. The third kappa shape index (κ3) is 2.91. The van der Waals surface area contributed by atoms with Gasteiger partial charge < -0.3 is 5.32 Å². The van der Waals surface area contributed by atoms with E-state index in [9.17, 15) is 4.79 Å². The zero-order valence-corrected chi connectivity index (χ0v) is 15.1. The summed E-state index contributed by atoms with van der Waals surface area (Å²) in [7, 11) is 0. The van der Waals surface area contributed by atoms with Crippen LogP contribution in [-0.4, -0.2) is 29.9 Å². The Balaban J connectivity index is 1.88. The van der Waals surface area contributed by atoms with Crippen molar-refractivity contribution in [2.24, 2.45) is 11.3 Å². The molecule has 1 aliphatic heterocycles. The zero-order chi connectivity index (χ0) is 16.8. The number of carbonyl (C=O) groups is 1. The van der Waals surface area contributed by atoms with Crippen molar-refractivity contribution in [2.75, 3.05) is 13.1 Å². The SMILES string of the molecule is CCC(C)N1C[C@@H]2[C@H](NC(=O)C(C)(C)C)c3ccccc3[C@@H]2C1. The van der Waals surface area contributed by atoms with Crippen molar-refractivity contribution in [3.63, 3.8) is 0 Å². The van der Waals surface area contributed by atoms with Gasteiger partial charge in [0, 0.05) is 36.4 Å². The van der Waals surface area contributed by atoms with Gasteiger partial charge in [0.05, 0.1) is 6.04 Å². The van der Waals surface area contributed by atoms with Gasteiger partial charge in [0.15, 0.2) is 0 Å². The van der Waals surface area contributed by atoms with Crippen LogP contribution in [0.2, 0.25) is 0 Å². The minimum Gasteiger partial charge on any atom is -0.348 e. The zero-order valence-electron chi connectivity index (χ0n) is 15.1. The van der Waals surface area contributed by atoms with Crippen LogP contribution in [0.3, 0.4) is 0 Å². The van der Waals surface area contributed by atoms with E-state index in [0.717, 1.165) is 13.1 Å². The van der Waals surface area contributed by atoms with Crippen LogP contribution in [-0.2, 0) is 4.79 Å². The van der Waals surface area contributed by atoms with Gasteiger partial charge in [-0.15, -0.1) is 0 Å². The molecule has 1 fully saturated rings. The predicted molar refractivity (Wildman–Crippen MR) is 94.3 cm³/mol. The van der Waals surface area contributed by atoms with Crippen molar-refractivity contribution in [3.05, 3.63) is 35.4 Å². The maximum absolute atomic E-state index is 12.6. The van der Waals surface area contributed by atoms with E-state index >= 15 is 0 Å². The van der Waals surface area contributed by atoms with Crippen molar-refractivity contribution >= 4 is 5.91 Å².